The van der Waals surface area contributed by atoms with Gasteiger partial charge in [-0.1, -0.05) is 0 Å². The molecule has 1 saturated heterocycles. The van der Waals surface area contributed by atoms with Crippen molar-refractivity contribution in [2.45, 2.75) is 24.7 Å². The van der Waals surface area contributed by atoms with Crippen LogP contribution >= 0.6 is 0 Å². The monoisotopic (exact) mass is 432 g/mol. The van der Waals surface area contributed by atoms with E-state index in [0.29, 0.717) is 30.8 Å². The Bertz CT molecular complexity index is 968. The third-order valence-electron chi connectivity index (χ3n) is 4.89. The number of pyridine rings is 1. The summed E-state index contributed by atoms with van der Waals surface area (Å²) in [6.07, 6.45) is 3.50. The summed E-state index contributed by atoms with van der Waals surface area (Å²) in [7, 11) is -3.63. The first kappa shape index (κ1) is 21.9. The van der Waals surface area contributed by atoms with Gasteiger partial charge in [-0.2, -0.15) is 4.31 Å². The topological polar surface area (TPSA) is 103 Å². The van der Waals surface area contributed by atoms with Crippen molar-refractivity contribution < 1.29 is 27.5 Å². The SMILES string of the molecule is CCOc1ccc(C(=O)COC(=O)C2CCN(S(=O)(=O)c3cccnc3)CC2)cc1. The lowest BCUT2D eigenvalue weighted by Crippen LogP contribution is -2.40. The summed E-state index contributed by atoms with van der Waals surface area (Å²) in [5.41, 5.74) is 0.434. The number of aromatic nitrogens is 1. The maximum Gasteiger partial charge on any atom is 0.309 e. The predicted molar refractivity (Wildman–Crippen MR) is 109 cm³/mol. The molecule has 0 atom stereocenters. The standard InChI is InChI=1S/C21H24N2O6S/c1-2-28-18-7-5-16(6-8-18)20(24)15-29-21(25)17-9-12-23(13-10-17)30(26,27)19-4-3-11-22-14-19/h3-8,11,14,17H,2,9-10,12-13,15H2,1H3. The molecule has 1 aliphatic rings. The molecule has 1 aliphatic heterocycles. The number of nitrogens with zero attached hydrogens (tertiary/aromatic N) is 2. The van der Waals surface area contributed by atoms with Crippen LogP contribution in [0.15, 0.2) is 53.7 Å². The van der Waals surface area contributed by atoms with Gasteiger partial charge in [0.2, 0.25) is 10.0 Å². The largest absolute Gasteiger partial charge is 0.494 e. The minimum Gasteiger partial charge on any atom is -0.494 e. The average molecular weight is 432 g/mol. The van der Waals surface area contributed by atoms with Crippen LogP contribution in [0, 0.1) is 5.92 Å². The number of Topliss-reactive ketones (excluding diaryl/α,β-unsaturated/α-hetero) is 1. The van der Waals surface area contributed by atoms with E-state index in [1.54, 1.807) is 30.3 Å². The normalized spacial score (nSPS) is 15.5. The molecule has 0 saturated carbocycles. The molecule has 0 amide bonds. The number of ketones is 1. The molecule has 1 aromatic carbocycles. The zero-order chi connectivity index (χ0) is 21.6. The van der Waals surface area contributed by atoms with Gasteiger partial charge in [0.05, 0.1) is 12.5 Å². The number of piperidine rings is 1. The number of sulfonamides is 1. The fraction of sp³-hybridized carbons (Fsp3) is 0.381. The van der Waals surface area contributed by atoms with E-state index in [1.807, 2.05) is 6.92 Å². The Balaban J connectivity index is 1.49. The van der Waals surface area contributed by atoms with Crippen molar-refractivity contribution in [2.75, 3.05) is 26.3 Å². The van der Waals surface area contributed by atoms with Crippen molar-refractivity contribution in [3.8, 4) is 5.75 Å². The van der Waals surface area contributed by atoms with E-state index in [0.717, 1.165) is 0 Å². The molecule has 9 heteroatoms. The maximum atomic E-state index is 12.6. The van der Waals surface area contributed by atoms with Crippen LogP contribution in [-0.4, -0.2) is 55.8 Å². The van der Waals surface area contributed by atoms with Crippen molar-refractivity contribution >= 4 is 21.8 Å². The van der Waals surface area contributed by atoms with Crippen molar-refractivity contribution in [2.24, 2.45) is 5.92 Å². The molecule has 2 aromatic rings. The summed E-state index contributed by atoms with van der Waals surface area (Å²) in [5.74, 6) is -0.548. The van der Waals surface area contributed by atoms with Crippen LogP contribution in [0.3, 0.4) is 0 Å². The molecule has 1 aromatic heterocycles. The zero-order valence-electron chi connectivity index (χ0n) is 16.7. The molecule has 0 spiro atoms. The summed E-state index contributed by atoms with van der Waals surface area (Å²) in [6.45, 7) is 2.49. The van der Waals surface area contributed by atoms with Crippen LogP contribution in [0.4, 0.5) is 0 Å². The van der Waals surface area contributed by atoms with Gasteiger partial charge in [0.15, 0.2) is 12.4 Å². The summed E-state index contributed by atoms with van der Waals surface area (Å²) < 4.78 is 37.1. The Hall–Kier alpha value is -2.78. The number of rotatable bonds is 8. The zero-order valence-corrected chi connectivity index (χ0v) is 17.5. The fourth-order valence-corrected chi connectivity index (χ4v) is 4.66. The summed E-state index contributed by atoms with van der Waals surface area (Å²) in [4.78, 5) is 28.5. The van der Waals surface area contributed by atoms with Crippen molar-refractivity contribution in [1.82, 2.24) is 9.29 Å². The van der Waals surface area contributed by atoms with Crippen LogP contribution in [0.25, 0.3) is 0 Å². The number of benzene rings is 1. The van der Waals surface area contributed by atoms with Gasteiger partial charge in [0.25, 0.3) is 0 Å². The molecule has 0 aliphatic carbocycles. The van der Waals surface area contributed by atoms with Crippen LogP contribution in [0.1, 0.15) is 30.1 Å². The molecule has 30 heavy (non-hydrogen) atoms. The first-order chi connectivity index (χ1) is 14.4. The van der Waals surface area contributed by atoms with Crippen molar-refractivity contribution in [1.29, 1.82) is 0 Å². The number of carbonyl (C=O) groups is 2. The van der Waals surface area contributed by atoms with Crippen LogP contribution < -0.4 is 4.74 Å². The van der Waals surface area contributed by atoms with Crippen LogP contribution in [0.2, 0.25) is 0 Å². The predicted octanol–water partition coefficient (Wildman–Crippen LogP) is 2.31. The molecule has 2 heterocycles. The summed E-state index contributed by atoms with van der Waals surface area (Å²) in [5, 5.41) is 0. The van der Waals surface area contributed by atoms with Gasteiger partial charge in [-0.15, -0.1) is 0 Å². The third-order valence-corrected chi connectivity index (χ3v) is 6.77. The highest BCUT2D eigenvalue weighted by Gasteiger charge is 2.33. The molecular formula is C21H24N2O6S. The van der Waals surface area contributed by atoms with Gasteiger partial charge in [-0.3, -0.25) is 14.6 Å². The minimum absolute atomic E-state index is 0.131. The highest BCUT2D eigenvalue weighted by Crippen LogP contribution is 2.24. The molecule has 0 unspecified atom stereocenters. The van der Waals surface area contributed by atoms with Gasteiger partial charge < -0.3 is 9.47 Å². The van der Waals surface area contributed by atoms with Crippen LogP contribution in [-0.2, 0) is 19.6 Å². The summed E-state index contributed by atoms with van der Waals surface area (Å²) in [6, 6.07) is 9.70. The smallest absolute Gasteiger partial charge is 0.309 e. The van der Waals surface area contributed by atoms with E-state index in [4.69, 9.17) is 9.47 Å². The van der Waals surface area contributed by atoms with Gasteiger partial charge in [-0.05, 0) is 56.2 Å². The Morgan fingerprint density at radius 2 is 1.83 bits per heavy atom. The number of hydrogen-bond donors (Lipinski definition) is 0. The molecule has 3 rings (SSSR count). The Labute approximate surface area is 175 Å². The quantitative estimate of drug-likeness (QED) is 0.466. The van der Waals surface area contributed by atoms with E-state index in [2.05, 4.69) is 4.98 Å². The van der Waals surface area contributed by atoms with Gasteiger partial charge >= 0.3 is 5.97 Å². The fourth-order valence-electron chi connectivity index (χ4n) is 3.22. The van der Waals surface area contributed by atoms with E-state index in [9.17, 15) is 18.0 Å². The third kappa shape index (κ3) is 5.22. The summed E-state index contributed by atoms with van der Waals surface area (Å²) >= 11 is 0. The lowest BCUT2D eigenvalue weighted by molar-refractivity contribution is -0.148. The number of ether oxygens (including phenoxy) is 2. The van der Waals surface area contributed by atoms with E-state index >= 15 is 0 Å². The van der Waals surface area contributed by atoms with Gasteiger partial charge in [-0.25, -0.2) is 8.42 Å². The molecule has 1 fully saturated rings. The average Bonchev–Trinajstić information content (AvgIpc) is 2.78. The number of esters is 1. The minimum atomic E-state index is -3.63. The highest BCUT2D eigenvalue weighted by atomic mass is 32.2. The second-order valence-corrected chi connectivity index (χ2v) is 8.79. The Morgan fingerprint density at radius 1 is 1.13 bits per heavy atom. The van der Waals surface area contributed by atoms with Crippen molar-refractivity contribution in [3.63, 3.8) is 0 Å². The van der Waals surface area contributed by atoms with E-state index in [1.165, 1.54) is 22.8 Å². The number of hydrogen-bond acceptors (Lipinski definition) is 7. The molecule has 160 valence electrons. The Kier molecular flexibility index (Phi) is 7.17. The second-order valence-electron chi connectivity index (χ2n) is 6.86. The van der Waals surface area contributed by atoms with Crippen molar-refractivity contribution in [3.05, 3.63) is 54.4 Å². The van der Waals surface area contributed by atoms with Gasteiger partial charge in [0, 0.05) is 31.0 Å². The second kappa shape index (κ2) is 9.82. The van der Waals surface area contributed by atoms with Crippen LogP contribution in [0.5, 0.6) is 5.75 Å². The molecule has 0 radical (unpaired) electrons. The Morgan fingerprint density at radius 3 is 2.43 bits per heavy atom. The first-order valence-corrected chi connectivity index (χ1v) is 11.2. The highest BCUT2D eigenvalue weighted by molar-refractivity contribution is 7.89. The molecular weight excluding hydrogens is 408 g/mol. The lowest BCUT2D eigenvalue weighted by Gasteiger charge is -2.29. The molecule has 8 nitrogen and oxygen atoms in total. The maximum absolute atomic E-state index is 12.6. The number of carbonyl (C=O) groups excluding carboxylic acids is 2. The van der Waals surface area contributed by atoms with E-state index in [-0.39, 0.29) is 30.4 Å². The first-order valence-electron chi connectivity index (χ1n) is 9.74. The lowest BCUT2D eigenvalue weighted by atomic mass is 9.98. The molecule has 0 N–H and O–H groups in total. The van der Waals surface area contributed by atoms with E-state index < -0.39 is 21.9 Å². The van der Waals surface area contributed by atoms with Gasteiger partial charge in [0.1, 0.15) is 10.6 Å². The molecule has 0 bridgehead atoms.